The molecule has 3 heteroatoms. The van der Waals surface area contributed by atoms with Crippen LogP contribution < -0.4 is 5.73 Å². The van der Waals surface area contributed by atoms with Crippen molar-refractivity contribution in [1.82, 2.24) is 0 Å². The summed E-state index contributed by atoms with van der Waals surface area (Å²) in [4.78, 5) is 0. The molecule has 0 aromatic rings. The zero-order chi connectivity index (χ0) is 11.1. The summed E-state index contributed by atoms with van der Waals surface area (Å²) < 4.78 is 10.4. The van der Waals surface area contributed by atoms with Crippen LogP contribution in [0.15, 0.2) is 0 Å². The third-order valence-corrected chi connectivity index (χ3v) is 3.32. The number of hydrogen-bond acceptors (Lipinski definition) is 3. The van der Waals surface area contributed by atoms with Crippen LogP contribution in [-0.2, 0) is 9.47 Å². The summed E-state index contributed by atoms with van der Waals surface area (Å²) in [7, 11) is 1.69. The van der Waals surface area contributed by atoms with Crippen molar-refractivity contribution in [1.29, 1.82) is 0 Å². The van der Waals surface area contributed by atoms with E-state index in [1.807, 2.05) is 0 Å². The molecule has 1 rings (SSSR count). The van der Waals surface area contributed by atoms with Crippen molar-refractivity contribution in [2.75, 3.05) is 26.9 Å². The van der Waals surface area contributed by atoms with Crippen molar-refractivity contribution in [3.8, 4) is 0 Å². The van der Waals surface area contributed by atoms with Crippen LogP contribution in [0, 0.1) is 11.8 Å². The fourth-order valence-electron chi connectivity index (χ4n) is 2.37. The third kappa shape index (κ3) is 4.96. The lowest BCUT2D eigenvalue weighted by molar-refractivity contribution is 0.0502. The molecule has 90 valence electrons. The van der Waals surface area contributed by atoms with Gasteiger partial charge in [-0.05, 0) is 24.7 Å². The van der Waals surface area contributed by atoms with E-state index in [4.69, 9.17) is 15.2 Å². The van der Waals surface area contributed by atoms with Crippen molar-refractivity contribution >= 4 is 0 Å². The van der Waals surface area contributed by atoms with E-state index in [0.29, 0.717) is 25.7 Å². The molecule has 0 aromatic carbocycles. The molecule has 0 amide bonds. The normalized spacial score (nSPS) is 29.0. The van der Waals surface area contributed by atoms with Crippen LogP contribution in [0.5, 0.6) is 0 Å². The summed E-state index contributed by atoms with van der Waals surface area (Å²) in [5.41, 5.74) is 6.13. The van der Waals surface area contributed by atoms with Gasteiger partial charge in [0.05, 0.1) is 19.8 Å². The van der Waals surface area contributed by atoms with E-state index in [2.05, 4.69) is 6.92 Å². The topological polar surface area (TPSA) is 44.5 Å². The minimum Gasteiger partial charge on any atom is -0.382 e. The Balaban J connectivity index is 2.12. The fraction of sp³-hybridized carbons (Fsp3) is 1.00. The molecule has 0 radical (unpaired) electrons. The highest BCUT2D eigenvalue weighted by molar-refractivity contribution is 4.78. The maximum Gasteiger partial charge on any atom is 0.0701 e. The van der Waals surface area contributed by atoms with E-state index >= 15 is 0 Å². The Kier molecular flexibility index (Phi) is 6.22. The maximum absolute atomic E-state index is 6.13. The molecule has 0 aromatic heterocycles. The summed E-state index contributed by atoms with van der Waals surface area (Å²) in [6.07, 6.45) is 5.25. The van der Waals surface area contributed by atoms with E-state index < -0.39 is 0 Å². The summed E-state index contributed by atoms with van der Waals surface area (Å²) in [6.45, 7) is 4.33. The summed E-state index contributed by atoms with van der Waals surface area (Å²) >= 11 is 0. The third-order valence-electron chi connectivity index (χ3n) is 3.32. The monoisotopic (exact) mass is 215 g/mol. The second-order valence-electron chi connectivity index (χ2n) is 4.76. The van der Waals surface area contributed by atoms with Gasteiger partial charge in [-0.2, -0.15) is 0 Å². The second-order valence-corrected chi connectivity index (χ2v) is 4.76. The molecule has 1 aliphatic rings. The predicted molar refractivity (Wildman–Crippen MR) is 61.8 cm³/mol. The Morgan fingerprint density at radius 3 is 2.80 bits per heavy atom. The van der Waals surface area contributed by atoms with Crippen LogP contribution in [0.4, 0.5) is 0 Å². The lowest BCUT2D eigenvalue weighted by atomic mass is 9.79. The predicted octanol–water partition coefficient (Wildman–Crippen LogP) is 1.80. The molecule has 3 atom stereocenters. The first-order chi connectivity index (χ1) is 7.24. The average molecular weight is 215 g/mol. The van der Waals surface area contributed by atoms with Gasteiger partial charge in [0.15, 0.2) is 0 Å². The van der Waals surface area contributed by atoms with Crippen LogP contribution >= 0.6 is 0 Å². The van der Waals surface area contributed by atoms with Crippen LogP contribution in [0.1, 0.15) is 32.6 Å². The molecule has 0 heterocycles. The lowest BCUT2D eigenvalue weighted by Crippen LogP contribution is -2.37. The fourth-order valence-corrected chi connectivity index (χ4v) is 2.37. The highest BCUT2D eigenvalue weighted by Gasteiger charge is 2.24. The first kappa shape index (κ1) is 12.9. The molecule has 1 aliphatic carbocycles. The number of hydrogen-bond donors (Lipinski definition) is 1. The van der Waals surface area contributed by atoms with Crippen molar-refractivity contribution in [2.24, 2.45) is 17.6 Å². The SMILES string of the molecule is COCCOCC(N)C1CCCC(C)C1. The second kappa shape index (κ2) is 7.20. The van der Waals surface area contributed by atoms with Crippen LogP contribution in [0.3, 0.4) is 0 Å². The molecule has 2 N–H and O–H groups in total. The molecule has 0 bridgehead atoms. The average Bonchev–Trinajstić information content (AvgIpc) is 2.24. The van der Waals surface area contributed by atoms with E-state index in [1.54, 1.807) is 7.11 Å². The van der Waals surface area contributed by atoms with Crippen molar-refractivity contribution in [3.63, 3.8) is 0 Å². The first-order valence-corrected chi connectivity index (χ1v) is 6.06. The maximum atomic E-state index is 6.13. The highest BCUT2D eigenvalue weighted by atomic mass is 16.5. The Bertz CT molecular complexity index is 164. The van der Waals surface area contributed by atoms with Gasteiger partial charge in [-0.3, -0.25) is 0 Å². The molecular formula is C12H25NO2. The number of ether oxygens (including phenoxy) is 2. The minimum atomic E-state index is 0.213. The smallest absolute Gasteiger partial charge is 0.0701 e. The first-order valence-electron chi connectivity index (χ1n) is 6.06. The van der Waals surface area contributed by atoms with Gasteiger partial charge in [0.25, 0.3) is 0 Å². The molecule has 0 saturated heterocycles. The van der Waals surface area contributed by atoms with E-state index in [-0.39, 0.29) is 6.04 Å². The van der Waals surface area contributed by atoms with E-state index in [1.165, 1.54) is 25.7 Å². The number of methoxy groups -OCH3 is 1. The van der Waals surface area contributed by atoms with Crippen molar-refractivity contribution < 1.29 is 9.47 Å². The zero-order valence-electron chi connectivity index (χ0n) is 10.1. The number of rotatable bonds is 6. The molecule has 3 nitrogen and oxygen atoms in total. The van der Waals surface area contributed by atoms with Gasteiger partial charge < -0.3 is 15.2 Å². The molecule has 15 heavy (non-hydrogen) atoms. The Morgan fingerprint density at radius 1 is 1.33 bits per heavy atom. The van der Waals surface area contributed by atoms with Crippen LogP contribution in [0.25, 0.3) is 0 Å². The van der Waals surface area contributed by atoms with Gasteiger partial charge in [-0.15, -0.1) is 0 Å². The number of nitrogens with two attached hydrogens (primary N) is 1. The Hall–Kier alpha value is -0.120. The molecule has 0 aliphatic heterocycles. The minimum absolute atomic E-state index is 0.213. The molecule has 0 spiro atoms. The zero-order valence-corrected chi connectivity index (χ0v) is 10.1. The summed E-state index contributed by atoms with van der Waals surface area (Å²) in [5, 5.41) is 0. The van der Waals surface area contributed by atoms with Gasteiger partial charge in [0.2, 0.25) is 0 Å². The van der Waals surface area contributed by atoms with Crippen molar-refractivity contribution in [2.45, 2.75) is 38.6 Å². The quantitative estimate of drug-likeness (QED) is 0.687. The van der Waals surface area contributed by atoms with E-state index in [9.17, 15) is 0 Å². The van der Waals surface area contributed by atoms with Crippen molar-refractivity contribution in [3.05, 3.63) is 0 Å². The highest BCUT2D eigenvalue weighted by Crippen LogP contribution is 2.30. The summed E-state index contributed by atoms with van der Waals surface area (Å²) in [6, 6.07) is 0.213. The van der Waals surface area contributed by atoms with E-state index in [0.717, 1.165) is 5.92 Å². The summed E-state index contributed by atoms with van der Waals surface area (Å²) in [5.74, 6) is 1.50. The molecule has 1 fully saturated rings. The van der Waals surface area contributed by atoms with Gasteiger partial charge in [0.1, 0.15) is 0 Å². The largest absolute Gasteiger partial charge is 0.382 e. The lowest BCUT2D eigenvalue weighted by Gasteiger charge is -2.31. The van der Waals surface area contributed by atoms with Gasteiger partial charge >= 0.3 is 0 Å². The van der Waals surface area contributed by atoms with Gasteiger partial charge in [0, 0.05) is 13.2 Å². The molecular weight excluding hydrogens is 190 g/mol. The van der Waals surface area contributed by atoms with Crippen LogP contribution in [0.2, 0.25) is 0 Å². The Labute approximate surface area is 93.3 Å². The standard InChI is InChI=1S/C12H25NO2/c1-10-4-3-5-11(8-10)12(13)9-15-7-6-14-2/h10-12H,3-9,13H2,1-2H3. The molecule has 3 unspecified atom stereocenters. The van der Waals surface area contributed by atoms with Gasteiger partial charge in [-0.25, -0.2) is 0 Å². The molecule has 1 saturated carbocycles. The van der Waals surface area contributed by atoms with Gasteiger partial charge in [-0.1, -0.05) is 19.8 Å². The van der Waals surface area contributed by atoms with Crippen LogP contribution in [-0.4, -0.2) is 33.0 Å². The Morgan fingerprint density at radius 2 is 2.13 bits per heavy atom.